The molecule has 0 aliphatic rings. The lowest BCUT2D eigenvalue weighted by atomic mass is 10.1. The molecule has 0 aliphatic carbocycles. The maximum Gasteiger partial charge on any atom is 0.379 e. The van der Waals surface area contributed by atoms with Gasteiger partial charge in [0.05, 0.1) is 11.5 Å². The maximum absolute atomic E-state index is 13.6. The van der Waals surface area contributed by atoms with Crippen LogP contribution < -0.4 is 0 Å². The highest BCUT2D eigenvalue weighted by molar-refractivity contribution is 9.10. The summed E-state index contributed by atoms with van der Waals surface area (Å²) in [5.41, 5.74) is -0.0226. The molecule has 0 aliphatic heterocycles. The quantitative estimate of drug-likeness (QED) is 0.370. The van der Waals surface area contributed by atoms with Crippen LogP contribution in [0.1, 0.15) is 17.3 Å². The maximum atomic E-state index is 13.6. The zero-order valence-electron chi connectivity index (χ0n) is 9.25. The van der Waals surface area contributed by atoms with E-state index in [2.05, 4.69) is 20.7 Å². The summed E-state index contributed by atoms with van der Waals surface area (Å²) in [6.45, 7) is 1.70. The number of carbonyl (C=O) groups excluding carboxylic acids is 2. The van der Waals surface area contributed by atoms with Crippen LogP contribution in [0.3, 0.4) is 0 Å². The fraction of sp³-hybridized carbons (Fsp3) is 0.273. The van der Waals surface area contributed by atoms with Crippen molar-refractivity contribution in [3.8, 4) is 0 Å². The Hall–Kier alpha value is -0.880. The molecule has 1 aromatic rings. The molecule has 6 heteroatoms. The van der Waals surface area contributed by atoms with Crippen LogP contribution in [0.4, 0.5) is 4.39 Å². The van der Waals surface area contributed by atoms with Crippen molar-refractivity contribution in [1.82, 2.24) is 0 Å². The highest BCUT2D eigenvalue weighted by Gasteiger charge is 2.20. The third-order valence-corrected chi connectivity index (χ3v) is 3.64. The lowest BCUT2D eigenvalue weighted by Crippen LogP contribution is -2.17. The Balaban J connectivity index is 3.08. The summed E-state index contributed by atoms with van der Waals surface area (Å²) in [6, 6.07) is 2.45. The van der Waals surface area contributed by atoms with Gasteiger partial charge in [0.2, 0.25) is 0 Å². The molecule has 0 fully saturated rings. The number of ether oxygens (including phenoxy) is 1. The van der Waals surface area contributed by atoms with Crippen LogP contribution in [0, 0.1) is 5.82 Å². The first-order chi connectivity index (χ1) is 8.01. The Morgan fingerprint density at radius 3 is 2.59 bits per heavy atom. The lowest BCUT2D eigenvalue weighted by Gasteiger charge is -2.06. The molecule has 0 heterocycles. The van der Waals surface area contributed by atoms with Crippen LogP contribution in [-0.4, -0.2) is 24.6 Å². The van der Waals surface area contributed by atoms with E-state index < -0.39 is 17.6 Å². The first kappa shape index (κ1) is 14.2. The van der Waals surface area contributed by atoms with Crippen molar-refractivity contribution >= 4 is 39.4 Å². The molecule has 0 bridgehead atoms. The summed E-state index contributed by atoms with van der Waals surface area (Å²) in [7, 11) is 0. The van der Waals surface area contributed by atoms with Gasteiger partial charge in [-0.05, 0) is 41.2 Å². The molecule has 0 N–H and O–H groups in total. The fourth-order valence-electron chi connectivity index (χ4n) is 1.20. The largest absolute Gasteiger partial charge is 0.460 e. The van der Waals surface area contributed by atoms with Crippen molar-refractivity contribution in [3.05, 3.63) is 28.0 Å². The predicted octanol–water partition coefficient (Wildman–Crippen LogP) is 3.06. The van der Waals surface area contributed by atoms with Gasteiger partial charge in [0.25, 0.3) is 5.78 Å². The molecule has 92 valence electrons. The van der Waals surface area contributed by atoms with Crippen LogP contribution in [0.15, 0.2) is 21.5 Å². The molecule has 1 rings (SSSR count). The number of ketones is 1. The minimum atomic E-state index is -0.976. The number of esters is 1. The first-order valence-electron chi connectivity index (χ1n) is 4.75. The molecular weight excluding hydrogens is 311 g/mol. The Bertz CT molecular complexity index is 439. The highest BCUT2D eigenvalue weighted by Crippen LogP contribution is 2.30. The average molecular weight is 321 g/mol. The van der Waals surface area contributed by atoms with E-state index in [4.69, 9.17) is 0 Å². The van der Waals surface area contributed by atoms with Gasteiger partial charge < -0.3 is 4.74 Å². The fourth-order valence-corrected chi connectivity index (χ4v) is 2.63. The molecule has 0 unspecified atom stereocenters. The predicted molar refractivity (Wildman–Crippen MR) is 66.8 cm³/mol. The van der Waals surface area contributed by atoms with Gasteiger partial charge in [0.1, 0.15) is 5.82 Å². The molecule has 0 spiro atoms. The topological polar surface area (TPSA) is 43.4 Å². The van der Waals surface area contributed by atoms with Crippen molar-refractivity contribution in [2.24, 2.45) is 0 Å². The smallest absolute Gasteiger partial charge is 0.379 e. The van der Waals surface area contributed by atoms with Gasteiger partial charge in [0, 0.05) is 10.0 Å². The highest BCUT2D eigenvalue weighted by atomic mass is 79.9. The van der Waals surface area contributed by atoms with Gasteiger partial charge >= 0.3 is 5.97 Å². The average Bonchev–Trinajstić information content (AvgIpc) is 2.27. The van der Waals surface area contributed by atoms with E-state index in [1.54, 1.807) is 13.2 Å². The zero-order chi connectivity index (χ0) is 13.0. The Labute approximate surface area is 111 Å². The third-order valence-electron chi connectivity index (χ3n) is 1.93. The number of hydrogen-bond acceptors (Lipinski definition) is 4. The van der Waals surface area contributed by atoms with Gasteiger partial charge in [-0.25, -0.2) is 9.18 Å². The molecule has 0 saturated heterocycles. The molecule has 0 saturated carbocycles. The number of hydrogen-bond donors (Lipinski definition) is 0. The minimum Gasteiger partial charge on any atom is -0.460 e. The molecule has 0 radical (unpaired) electrons. The molecule has 17 heavy (non-hydrogen) atoms. The number of halogens is 2. The number of carbonyl (C=O) groups is 2. The van der Waals surface area contributed by atoms with Crippen molar-refractivity contribution < 1.29 is 18.7 Å². The minimum absolute atomic E-state index is 0.0226. The molecule has 3 nitrogen and oxygen atoms in total. The van der Waals surface area contributed by atoms with E-state index in [-0.39, 0.29) is 12.2 Å². The zero-order valence-corrected chi connectivity index (χ0v) is 11.7. The van der Waals surface area contributed by atoms with E-state index in [1.807, 2.05) is 0 Å². The molecule has 1 aromatic carbocycles. The molecular formula is C11H10BrFO3S. The van der Waals surface area contributed by atoms with Crippen molar-refractivity contribution in [2.75, 3.05) is 12.9 Å². The van der Waals surface area contributed by atoms with Crippen LogP contribution in [0.2, 0.25) is 0 Å². The van der Waals surface area contributed by atoms with Crippen molar-refractivity contribution in [3.63, 3.8) is 0 Å². The summed E-state index contributed by atoms with van der Waals surface area (Å²) < 4.78 is 18.6. The Morgan fingerprint density at radius 1 is 1.47 bits per heavy atom. The van der Waals surface area contributed by atoms with E-state index in [0.717, 1.165) is 6.07 Å². The van der Waals surface area contributed by atoms with Crippen molar-refractivity contribution in [2.45, 2.75) is 11.8 Å². The number of thioether (sulfide) groups is 1. The SMILES string of the molecule is CCOC(=O)C(=O)c1cc(F)c(SC)c(Br)c1. The van der Waals surface area contributed by atoms with E-state index >= 15 is 0 Å². The summed E-state index contributed by atoms with van der Waals surface area (Å²) in [6.07, 6.45) is 1.72. The van der Waals surface area contributed by atoms with Crippen LogP contribution in [0.25, 0.3) is 0 Å². The lowest BCUT2D eigenvalue weighted by molar-refractivity contribution is -0.137. The summed E-state index contributed by atoms with van der Waals surface area (Å²) in [5, 5.41) is 0. The van der Waals surface area contributed by atoms with Crippen LogP contribution >= 0.6 is 27.7 Å². The number of benzene rings is 1. The normalized spacial score (nSPS) is 10.1. The summed E-state index contributed by atoms with van der Waals surface area (Å²) >= 11 is 4.36. The van der Waals surface area contributed by atoms with Crippen LogP contribution in [-0.2, 0) is 9.53 Å². The van der Waals surface area contributed by atoms with Gasteiger partial charge in [-0.1, -0.05) is 0 Å². The summed E-state index contributed by atoms with van der Waals surface area (Å²) in [5.74, 6) is -2.37. The van der Waals surface area contributed by atoms with Gasteiger partial charge in [-0.3, -0.25) is 4.79 Å². The molecule has 0 aromatic heterocycles. The number of rotatable bonds is 4. The van der Waals surface area contributed by atoms with Gasteiger partial charge in [0.15, 0.2) is 0 Å². The monoisotopic (exact) mass is 320 g/mol. The van der Waals surface area contributed by atoms with E-state index in [0.29, 0.717) is 9.37 Å². The first-order valence-corrected chi connectivity index (χ1v) is 6.77. The standard InChI is InChI=1S/C11H10BrFO3S/c1-3-16-11(15)9(14)6-4-7(12)10(17-2)8(13)5-6/h4-5H,3H2,1-2H3. The second-order valence-electron chi connectivity index (χ2n) is 3.02. The number of Topliss-reactive ketones (excluding diaryl/α,β-unsaturated/α-hetero) is 1. The van der Waals surface area contributed by atoms with Gasteiger partial charge in [-0.2, -0.15) is 0 Å². The summed E-state index contributed by atoms with van der Waals surface area (Å²) in [4.78, 5) is 23.2. The molecule has 0 atom stereocenters. The van der Waals surface area contributed by atoms with E-state index in [9.17, 15) is 14.0 Å². The van der Waals surface area contributed by atoms with E-state index in [1.165, 1.54) is 17.8 Å². The Morgan fingerprint density at radius 2 is 2.12 bits per heavy atom. The Kier molecular flexibility index (Phi) is 5.14. The third kappa shape index (κ3) is 3.29. The van der Waals surface area contributed by atoms with Crippen molar-refractivity contribution in [1.29, 1.82) is 0 Å². The van der Waals surface area contributed by atoms with Gasteiger partial charge in [-0.15, -0.1) is 11.8 Å². The second kappa shape index (κ2) is 6.16. The van der Waals surface area contributed by atoms with Crippen LogP contribution in [0.5, 0.6) is 0 Å². The molecule has 0 amide bonds. The second-order valence-corrected chi connectivity index (χ2v) is 4.69.